The van der Waals surface area contributed by atoms with E-state index in [9.17, 15) is 9.18 Å². The minimum absolute atomic E-state index is 0.205. The van der Waals surface area contributed by atoms with Gasteiger partial charge in [0.1, 0.15) is 17.4 Å². The summed E-state index contributed by atoms with van der Waals surface area (Å²) in [5, 5.41) is 9.48. The van der Waals surface area contributed by atoms with Crippen molar-refractivity contribution in [3.05, 3.63) is 94.8 Å². The molecule has 0 aliphatic carbocycles. The van der Waals surface area contributed by atoms with E-state index >= 15 is 0 Å². The number of benzene rings is 3. The van der Waals surface area contributed by atoms with Crippen molar-refractivity contribution in [3.8, 4) is 22.8 Å². The van der Waals surface area contributed by atoms with E-state index in [2.05, 4.69) is 20.2 Å². The number of nitrogens with zero attached hydrogens (tertiary/aromatic N) is 4. The van der Waals surface area contributed by atoms with E-state index in [1.807, 2.05) is 44.2 Å². The van der Waals surface area contributed by atoms with Gasteiger partial charge in [0, 0.05) is 5.56 Å². The van der Waals surface area contributed by atoms with E-state index in [-0.39, 0.29) is 10.8 Å². The lowest BCUT2D eigenvalue weighted by atomic mass is 10.2. The molecule has 0 aliphatic heterocycles. The summed E-state index contributed by atoms with van der Waals surface area (Å²) in [6.07, 6.45) is 0. The number of para-hydroxylation sites is 2. The predicted molar refractivity (Wildman–Crippen MR) is 135 cm³/mol. The lowest BCUT2D eigenvalue weighted by Crippen LogP contribution is -2.13. The van der Waals surface area contributed by atoms with Crippen LogP contribution in [0, 0.1) is 5.82 Å². The zero-order valence-corrected chi connectivity index (χ0v) is 19.9. The van der Waals surface area contributed by atoms with Crippen molar-refractivity contribution in [2.45, 2.75) is 24.3 Å². The van der Waals surface area contributed by atoms with Crippen molar-refractivity contribution < 1.29 is 9.13 Å². The summed E-state index contributed by atoms with van der Waals surface area (Å²) in [6, 6.07) is 21.1. The molecule has 0 amide bonds. The van der Waals surface area contributed by atoms with Crippen LogP contribution < -0.4 is 10.3 Å². The fraction of sp³-hybridized carbons (Fsp3) is 0.154. The van der Waals surface area contributed by atoms with Gasteiger partial charge < -0.3 is 9.72 Å². The SMILES string of the molecule is CCOc1ccc(-c2nnc(SC(C)c3nc4ccccc4c(=O)[nH]3)n2-c2ccccc2F)cc1. The summed E-state index contributed by atoms with van der Waals surface area (Å²) in [6.45, 7) is 4.40. The van der Waals surface area contributed by atoms with Gasteiger partial charge in [-0.1, -0.05) is 36.0 Å². The number of aromatic nitrogens is 5. The normalized spacial score (nSPS) is 12.1. The number of fused-ring (bicyclic) bond motifs is 1. The molecule has 2 aromatic heterocycles. The average molecular weight is 488 g/mol. The van der Waals surface area contributed by atoms with Gasteiger partial charge in [-0.25, -0.2) is 9.37 Å². The largest absolute Gasteiger partial charge is 0.494 e. The molecule has 1 atom stereocenters. The second-order valence-electron chi connectivity index (χ2n) is 7.78. The van der Waals surface area contributed by atoms with Crippen LogP contribution in [0.1, 0.15) is 24.9 Å². The third-order valence-corrected chi connectivity index (χ3v) is 6.50. The van der Waals surface area contributed by atoms with Crippen LogP contribution in [-0.2, 0) is 0 Å². The molecule has 3 aromatic carbocycles. The molecular weight excluding hydrogens is 465 g/mol. The standard InChI is InChI=1S/C26H22FN5O2S/c1-3-34-18-14-12-17(13-15-18)24-30-31-26(32(24)22-11-7-5-9-20(22)27)35-16(2)23-28-21-10-6-4-8-19(21)25(33)29-23/h4-16H,3H2,1-2H3,(H,28,29,33). The molecule has 2 heterocycles. The van der Waals surface area contributed by atoms with Gasteiger partial charge in [0.15, 0.2) is 11.0 Å². The molecule has 9 heteroatoms. The maximum Gasteiger partial charge on any atom is 0.258 e. The molecule has 0 aliphatic rings. The third kappa shape index (κ3) is 4.54. The van der Waals surface area contributed by atoms with Gasteiger partial charge in [0.25, 0.3) is 5.56 Å². The fourth-order valence-corrected chi connectivity index (χ4v) is 4.68. The van der Waals surface area contributed by atoms with Crippen LogP contribution in [0.4, 0.5) is 4.39 Å². The Hall–Kier alpha value is -3.98. The number of rotatable bonds is 7. The molecule has 1 unspecified atom stereocenters. The number of halogens is 1. The van der Waals surface area contributed by atoms with Gasteiger partial charge in [0.05, 0.1) is 28.4 Å². The number of ether oxygens (including phenoxy) is 1. The first kappa shape index (κ1) is 22.8. The number of hydrogen-bond donors (Lipinski definition) is 1. The summed E-state index contributed by atoms with van der Waals surface area (Å²) in [7, 11) is 0. The van der Waals surface area contributed by atoms with Crippen LogP contribution in [0.2, 0.25) is 0 Å². The van der Waals surface area contributed by atoms with E-state index in [1.165, 1.54) is 17.8 Å². The summed E-state index contributed by atoms with van der Waals surface area (Å²) < 4.78 is 22.1. The first-order chi connectivity index (χ1) is 17.0. The maximum atomic E-state index is 14.9. The number of thioether (sulfide) groups is 1. The lowest BCUT2D eigenvalue weighted by molar-refractivity contribution is 0.340. The number of hydrogen-bond acceptors (Lipinski definition) is 6. The van der Waals surface area contributed by atoms with Crippen molar-refractivity contribution in [1.29, 1.82) is 0 Å². The molecule has 5 aromatic rings. The molecule has 0 bridgehead atoms. The second-order valence-corrected chi connectivity index (χ2v) is 9.09. The molecule has 5 rings (SSSR count). The van der Waals surface area contributed by atoms with E-state index in [1.54, 1.807) is 41.0 Å². The second kappa shape index (κ2) is 9.71. The van der Waals surface area contributed by atoms with Crippen molar-refractivity contribution in [1.82, 2.24) is 24.7 Å². The highest BCUT2D eigenvalue weighted by Gasteiger charge is 2.22. The van der Waals surface area contributed by atoms with E-state index in [0.29, 0.717) is 40.0 Å². The van der Waals surface area contributed by atoms with E-state index in [0.717, 1.165) is 11.3 Å². The van der Waals surface area contributed by atoms with Gasteiger partial charge in [-0.3, -0.25) is 9.36 Å². The Morgan fingerprint density at radius 1 is 1.03 bits per heavy atom. The summed E-state index contributed by atoms with van der Waals surface area (Å²) in [4.78, 5) is 20.0. The van der Waals surface area contributed by atoms with Gasteiger partial charge in [-0.05, 0) is 62.4 Å². The first-order valence-corrected chi connectivity index (χ1v) is 12.0. The van der Waals surface area contributed by atoms with Crippen LogP contribution in [0.3, 0.4) is 0 Å². The van der Waals surface area contributed by atoms with Crippen molar-refractivity contribution in [2.75, 3.05) is 6.61 Å². The summed E-state index contributed by atoms with van der Waals surface area (Å²) in [5.74, 6) is 1.34. The minimum atomic E-state index is -0.397. The number of nitrogens with one attached hydrogen (secondary N) is 1. The minimum Gasteiger partial charge on any atom is -0.494 e. The molecular formula is C26H22FN5O2S. The molecule has 7 nitrogen and oxygen atoms in total. The number of aromatic amines is 1. The molecule has 0 radical (unpaired) electrons. The monoisotopic (exact) mass is 487 g/mol. The highest BCUT2D eigenvalue weighted by atomic mass is 32.2. The lowest BCUT2D eigenvalue weighted by Gasteiger charge is -2.14. The highest BCUT2D eigenvalue weighted by molar-refractivity contribution is 7.99. The highest BCUT2D eigenvalue weighted by Crippen LogP contribution is 2.36. The first-order valence-electron chi connectivity index (χ1n) is 11.1. The van der Waals surface area contributed by atoms with Gasteiger partial charge >= 0.3 is 0 Å². The van der Waals surface area contributed by atoms with Crippen LogP contribution in [0.25, 0.3) is 28.0 Å². The Morgan fingerprint density at radius 2 is 1.77 bits per heavy atom. The van der Waals surface area contributed by atoms with Crippen LogP contribution in [0.5, 0.6) is 5.75 Å². The Morgan fingerprint density at radius 3 is 2.54 bits per heavy atom. The maximum absolute atomic E-state index is 14.9. The fourth-order valence-electron chi connectivity index (χ4n) is 3.76. The smallest absolute Gasteiger partial charge is 0.258 e. The quantitative estimate of drug-likeness (QED) is 0.303. The van der Waals surface area contributed by atoms with E-state index in [4.69, 9.17) is 4.74 Å². The molecule has 0 fully saturated rings. The summed E-state index contributed by atoms with van der Waals surface area (Å²) in [5.41, 5.74) is 1.50. The Bertz CT molecular complexity index is 1550. The van der Waals surface area contributed by atoms with Crippen LogP contribution >= 0.6 is 11.8 Å². The summed E-state index contributed by atoms with van der Waals surface area (Å²) >= 11 is 1.34. The van der Waals surface area contributed by atoms with Gasteiger partial charge in [-0.2, -0.15) is 0 Å². The predicted octanol–water partition coefficient (Wildman–Crippen LogP) is 5.56. The zero-order chi connectivity index (χ0) is 24.4. The Labute approximate surface area is 205 Å². The van der Waals surface area contributed by atoms with Crippen molar-refractivity contribution >= 4 is 22.7 Å². The van der Waals surface area contributed by atoms with Crippen LogP contribution in [0.15, 0.2) is 82.7 Å². The van der Waals surface area contributed by atoms with E-state index < -0.39 is 5.82 Å². The zero-order valence-electron chi connectivity index (χ0n) is 19.1. The Kier molecular flexibility index (Phi) is 6.33. The van der Waals surface area contributed by atoms with Gasteiger partial charge in [-0.15, -0.1) is 10.2 Å². The third-order valence-electron chi connectivity index (χ3n) is 5.45. The van der Waals surface area contributed by atoms with Crippen molar-refractivity contribution in [3.63, 3.8) is 0 Å². The molecule has 1 N–H and O–H groups in total. The molecule has 0 spiro atoms. The van der Waals surface area contributed by atoms with Crippen molar-refractivity contribution in [2.24, 2.45) is 0 Å². The molecule has 0 saturated carbocycles. The van der Waals surface area contributed by atoms with Crippen LogP contribution in [-0.4, -0.2) is 31.3 Å². The molecule has 176 valence electrons. The number of H-pyrrole nitrogens is 1. The molecule has 0 saturated heterocycles. The average Bonchev–Trinajstić information content (AvgIpc) is 3.28. The Balaban J connectivity index is 1.56. The molecule has 35 heavy (non-hydrogen) atoms. The topological polar surface area (TPSA) is 85.7 Å². The van der Waals surface area contributed by atoms with Gasteiger partial charge in [0.2, 0.25) is 0 Å².